The summed E-state index contributed by atoms with van der Waals surface area (Å²) in [5.41, 5.74) is 2.91. The zero-order chi connectivity index (χ0) is 14.5. The first kappa shape index (κ1) is 14.7. The third-order valence-corrected chi connectivity index (χ3v) is 3.24. The van der Waals surface area contributed by atoms with Gasteiger partial charge in [0.05, 0.1) is 5.69 Å². The lowest BCUT2D eigenvalue weighted by Crippen LogP contribution is -2.10. The molecule has 0 unspecified atom stereocenters. The Morgan fingerprint density at radius 3 is 2.70 bits per heavy atom. The fourth-order valence-electron chi connectivity index (χ4n) is 2.21. The summed E-state index contributed by atoms with van der Waals surface area (Å²) in [5, 5.41) is 7.93. The van der Waals surface area contributed by atoms with Crippen molar-refractivity contribution in [3.63, 3.8) is 0 Å². The van der Waals surface area contributed by atoms with Gasteiger partial charge in [0.2, 0.25) is 0 Å². The van der Waals surface area contributed by atoms with E-state index >= 15 is 0 Å². The predicted octanol–water partition coefficient (Wildman–Crippen LogP) is 2.17. The zero-order valence-electron chi connectivity index (χ0n) is 12.7. The van der Waals surface area contributed by atoms with Crippen molar-refractivity contribution in [1.82, 2.24) is 19.7 Å². The van der Waals surface area contributed by atoms with Crippen molar-refractivity contribution in [1.29, 1.82) is 0 Å². The van der Waals surface area contributed by atoms with Gasteiger partial charge in [-0.1, -0.05) is 6.92 Å². The summed E-state index contributed by atoms with van der Waals surface area (Å²) >= 11 is 0. The molecule has 0 saturated carbocycles. The highest BCUT2D eigenvalue weighted by Gasteiger charge is 2.15. The molecule has 1 N–H and O–H groups in total. The quantitative estimate of drug-likeness (QED) is 0.786. The maximum Gasteiger partial charge on any atom is 0.156 e. The van der Waals surface area contributed by atoms with Crippen LogP contribution in [0.4, 0.5) is 5.82 Å². The molecule has 0 atom stereocenters. The van der Waals surface area contributed by atoms with E-state index in [9.17, 15) is 0 Å². The lowest BCUT2D eigenvalue weighted by molar-refractivity contribution is 0.198. The number of aryl methyl sites for hydroxylation is 3. The van der Waals surface area contributed by atoms with Gasteiger partial charge >= 0.3 is 0 Å². The summed E-state index contributed by atoms with van der Waals surface area (Å²) < 4.78 is 7.03. The third kappa shape index (κ3) is 2.90. The monoisotopic (exact) mass is 277 g/mol. The number of nitrogens with zero attached hydrogens (tertiary/aromatic N) is 4. The second-order valence-electron chi connectivity index (χ2n) is 4.71. The van der Waals surface area contributed by atoms with Gasteiger partial charge in [-0.15, -0.1) is 0 Å². The molecule has 6 nitrogen and oxygen atoms in total. The van der Waals surface area contributed by atoms with Gasteiger partial charge in [0.1, 0.15) is 16.9 Å². The van der Waals surface area contributed by atoms with Crippen LogP contribution in [-0.4, -0.2) is 40.0 Å². The van der Waals surface area contributed by atoms with Crippen molar-refractivity contribution < 1.29 is 4.74 Å². The van der Waals surface area contributed by atoms with Crippen molar-refractivity contribution in [2.45, 2.75) is 40.2 Å². The zero-order valence-corrected chi connectivity index (χ0v) is 12.7. The van der Waals surface area contributed by atoms with Gasteiger partial charge in [0.15, 0.2) is 5.82 Å². The number of hydrogen-bond acceptors (Lipinski definition) is 5. The largest absolute Gasteiger partial charge is 0.385 e. The van der Waals surface area contributed by atoms with Crippen LogP contribution < -0.4 is 5.32 Å². The highest BCUT2D eigenvalue weighted by molar-refractivity contribution is 5.87. The average Bonchev–Trinajstić information content (AvgIpc) is 2.80. The minimum atomic E-state index is 0.744. The Hall–Kier alpha value is -1.69. The summed E-state index contributed by atoms with van der Waals surface area (Å²) in [4.78, 5) is 9.22. The smallest absolute Gasteiger partial charge is 0.156 e. The highest BCUT2D eigenvalue weighted by atomic mass is 16.5. The van der Waals surface area contributed by atoms with Crippen LogP contribution in [0.2, 0.25) is 0 Å². The molecule has 0 aliphatic carbocycles. The van der Waals surface area contributed by atoms with E-state index in [1.165, 1.54) is 0 Å². The summed E-state index contributed by atoms with van der Waals surface area (Å²) in [6, 6.07) is 0. The Morgan fingerprint density at radius 2 is 2.05 bits per heavy atom. The molecule has 0 spiro atoms. The summed E-state index contributed by atoms with van der Waals surface area (Å²) in [5.74, 6) is 1.73. The first-order valence-electron chi connectivity index (χ1n) is 7.18. The number of nitrogens with one attached hydrogen (secondary N) is 1. The Labute approximate surface area is 119 Å². The normalized spacial score (nSPS) is 11.2. The van der Waals surface area contributed by atoms with Crippen LogP contribution in [-0.2, 0) is 17.7 Å². The molecule has 6 heteroatoms. The molecule has 2 heterocycles. The summed E-state index contributed by atoms with van der Waals surface area (Å²) in [7, 11) is 1.72. The first-order valence-corrected chi connectivity index (χ1v) is 7.18. The minimum absolute atomic E-state index is 0.744. The van der Waals surface area contributed by atoms with Crippen molar-refractivity contribution >= 4 is 16.9 Å². The Morgan fingerprint density at radius 1 is 1.25 bits per heavy atom. The molecule has 0 aliphatic heterocycles. The SMILES string of the molecule is CCc1nc(NCCCOC)c2c(n1)c(C)nn2CC. The molecule has 2 aromatic heterocycles. The second kappa shape index (κ2) is 6.65. The van der Waals surface area contributed by atoms with Crippen molar-refractivity contribution in [2.24, 2.45) is 0 Å². The number of ether oxygens (including phenoxy) is 1. The molecule has 0 amide bonds. The standard InChI is InChI=1S/C14H23N5O/c1-5-11-16-12-10(3)18-19(6-2)13(12)14(17-11)15-8-7-9-20-4/h5-9H2,1-4H3,(H,15,16,17). The van der Waals surface area contributed by atoms with E-state index < -0.39 is 0 Å². The molecule has 110 valence electrons. The molecular formula is C14H23N5O. The van der Waals surface area contributed by atoms with E-state index in [0.717, 1.165) is 60.9 Å². The van der Waals surface area contributed by atoms with E-state index in [1.807, 2.05) is 11.6 Å². The van der Waals surface area contributed by atoms with Crippen LogP contribution >= 0.6 is 0 Å². The van der Waals surface area contributed by atoms with Crippen LogP contribution in [0.25, 0.3) is 11.0 Å². The number of fused-ring (bicyclic) bond motifs is 1. The molecule has 0 fully saturated rings. The Balaban J connectivity index is 2.38. The molecule has 0 aromatic carbocycles. The second-order valence-corrected chi connectivity index (χ2v) is 4.71. The van der Waals surface area contributed by atoms with Gasteiger partial charge in [-0.05, 0) is 20.3 Å². The third-order valence-electron chi connectivity index (χ3n) is 3.24. The van der Waals surface area contributed by atoms with Crippen LogP contribution in [0.15, 0.2) is 0 Å². The average molecular weight is 277 g/mol. The van der Waals surface area contributed by atoms with Crippen LogP contribution in [0.1, 0.15) is 31.8 Å². The summed E-state index contributed by atoms with van der Waals surface area (Å²) in [6.07, 6.45) is 1.77. The van der Waals surface area contributed by atoms with E-state index in [-0.39, 0.29) is 0 Å². The maximum atomic E-state index is 5.07. The number of methoxy groups -OCH3 is 1. The summed E-state index contributed by atoms with van der Waals surface area (Å²) in [6.45, 7) is 8.52. The minimum Gasteiger partial charge on any atom is -0.385 e. The van der Waals surface area contributed by atoms with E-state index in [4.69, 9.17) is 4.74 Å². The molecular weight excluding hydrogens is 254 g/mol. The fraction of sp³-hybridized carbons (Fsp3) is 0.643. The van der Waals surface area contributed by atoms with Crippen LogP contribution in [0.3, 0.4) is 0 Å². The van der Waals surface area contributed by atoms with E-state index in [2.05, 4.69) is 34.2 Å². The first-order chi connectivity index (χ1) is 9.71. The van der Waals surface area contributed by atoms with Gasteiger partial charge < -0.3 is 10.1 Å². The van der Waals surface area contributed by atoms with Crippen molar-refractivity contribution in [3.05, 3.63) is 11.5 Å². The number of aromatic nitrogens is 4. The molecule has 2 rings (SSSR count). The van der Waals surface area contributed by atoms with E-state index in [0.29, 0.717) is 0 Å². The number of rotatable bonds is 7. The van der Waals surface area contributed by atoms with Gasteiger partial charge in [0, 0.05) is 33.2 Å². The van der Waals surface area contributed by atoms with Crippen molar-refractivity contribution in [3.8, 4) is 0 Å². The van der Waals surface area contributed by atoms with Crippen LogP contribution in [0.5, 0.6) is 0 Å². The molecule has 0 radical (unpaired) electrons. The molecule has 0 aliphatic rings. The molecule has 20 heavy (non-hydrogen) atoms. The highest BCUT2D eigenvalue weighted by Crippen LogP contribution is 2.23. The number of hydrogen-bond donors (Lipinski definition) is 1. The molecule has 2 aromatic rings. The van der Waals surface area contributed by atoms with Gasteiger partial charge in [0.25, 0.3) is 0 Å². The lowest BCUT2D eigenvalue weighted by Gasteiger charge is -2.09. The fourth-order valence-corrected chi connectivity index (χ4v) is 2.21. The van der Waals surface area contributed by atoms with Crippen LogP contribution in [0, 0.1) is 6.92 Å². The Bertz CT molecular complexity index is 578. The van der Waals surface area contributed by atoms with Gasteiger partial charge in [-0.3, -0.25) is 4.68 Å². The lowest BCUT2D eigenvalue weighted by atomic mass is 10.3. The maximum absolute atomic E-state index is 5.07. The van der Waals surface area contributed by atoms with Gasteiger partial charge in [-0.2, -0.15) is 5.10 Å². The van der Waals surface area contributed by atoms with Crippen molar-refractivity contribution in [2.75, 3.05) is 25.6 Å². The Kier molecular flexibility index (Phi) is 4.89. The predicted molar refractivity (Wildman–Crippen MR) is 80.1 cm³/mol. The molecule has 0 saturated heterocycles. The van der Waals surface area contributed by atoms with Gasteiger partial charge in [-0.25, -0.2) is 9.97 Å². The topological polar surface area (TPSA) is 64.9 Å². The molecule has 0 bridgehead atoms. The number of anilines is 1. The van der Waals surface area contributed by atoms with E-state index in [1.54, 1.807) is 7.11 Å².